The number of halogens is 2. The number of nitrogens with zero attached hydrogens (tertiary/aromatic N) is 4. The predicted molar refractivity (Wildman–Crippen MR) is 174 cm³/mol. The van der Waals surface area contributed by atoms with Crippen LogP contribution in [0.4, 0.5) is 14.5 Å². The van der Waals surface area contributed by atoms with Gasteiger partial charge >= 0.3 is 0 Å². The van der Waals surface area contributed by atoms with E-state index in [1.165, 1.54) is 0 Å². The molecule has 6 heterocycles. The van der Waals surface area contributed by atoms with E-state index >= 15 is 8.78 Å². The third-order valence-corrected chi connectivity index (χ3v) is 12.0. The van der Waals surface area contributed by atoms with Gasteiger partial charge in [0.1, 0.15) is 9.84 Å². The Morgan fingerprint density at radius 2 is 1.71 bits per heavy atom. The van der Waals surface area contributed by atoms with Crippen molar-refractivity contribution in [2.45, 2.75) is 89.6 Å². The molecule has 7 rings (SSSR count). The molecule has 8 nitrogen and oxygen atoms in total. The number of hydrogen-bond donors (Lipinski definition) is 1. The molecule has 1 aromatic carbocycles. The highest BCUT2D eigenvalue weighted by molar-refractivity contribution is 7.91. The molecule has 4 aliphatic rings. The Bertz CT molecular complexity index is 1670. The van der Waals surface area contributed by atoms with E-state index in [0.29, 0.717) is 68.1 Å². The van der Waals surface area contributed by atoms with Gasteiger partial charge in [-0.3, -0.25) is 9.36 Å². The normalized spacial score (nSPS) is 27.9. The zero-order valence-corrected chi connectivity index (χ0v) is 27.2. The van der Waals surface area contributed by atoms with Gasteiger partial charge in [-0.1, -0.05) is 38.0 Å². The number of hydrogen-bond acceptors (Lipinski definition) is 7. The Labute approximate surface area is 264 Å². The third-order valence-electron chi connectivity index (χ3n) is 10.3. The first-order chi connectivity index (χ1) is 21.5. The van der Waals surface area contributed by atoms with Crippen LogP contribution >= 0.6 is 0 Å². The van der Waals surface area contributed by atoms with E-state index in [-0.39, 0.29) is 34.6 Å². The maximum atomic E-state index is 15.9. The van der Waals surface area contributed by atoms with E-state index in [2.05, 4.69) is 27.3 Å². The number of anilines is 1. The number of aromatic nitrogens is 3. The molecule has 1 N–H and O–H groups in total. The highest BCUT2D eigenvalue weighted by Gasteiger charge is 2.43. The molecule has 45 heavy (non-hydrogen) atoms. The van der Waals surface area contributed by atoms with Gasteiger partial charge in [0.25, 0.3) is 11.5 Å². The molecule has 2 aromatic heterocycles. The summed E-state index contributed by atoms with van der Waals surface area (Å²) in [5.41, 5.74) is 2.41. The van der Waals surface area contributed by atoms with Gasteiger partial charge < -0.3 is 10.2 Å². The number of pyridine rings is 1. The maximum Gasteiger partial charge on any atom is 0.276 e. The summed E-state index contributed by atoms with van der Waals surface area (Å²) in [6, 6.07) is 8.26. The minimum Gasteiger partial charge on any atom is -0.377 e. The number of benzene rings is 1. The van der Waals surface area contributed by atoms with Crippen molar-refractivity contribution < 1.29 is 17.2 Å². The van der Waals surface area contributed by atoms with Crippen LogP contribution in [0.5, 0.6) is 0 Å². The van der Waals surface area contributed by atoms with Crippen molar-refractivity contribution in [1.29, 1.82) is 0 Å². The lowest BCUT2D eigenvalue weighted by molar-refractivity contribution is -0.0862. The van der Waals surface area contributed by atoms with Crippen molar-refractivity contribution in [3.05, 3.63) is 63.6 Å². The summed E-state index contributed by atoms with van der Waals surface area (Å²) in [6.45, 7) is 6.97. The quantitative estimate of drug-likeness (QED) is 0.335. The molecule has 2 atom stereocenters. The van der Waals surface area contributed by atoms with Crippen LogP contribution in [0, 0.1) is 11.8 Å². The molecule has 11 heteroatoms. The van der Waals surface area contributed by atoms with E-state index in [9.17, 15) is 13.2 Å². The summed E-state index contributed by atoms with van der Waals surface area (Å²) in [6.07, 6.45) is 7.25. The molecular weight excluding hydrogens is 596 g/mol. The highest BCUT2D eigenvalue weighted by Crippen LogP contribution is 2.42. The van der Waals surface area contributed by atoms with Crippen molar-refractivity contribution in [3.8, 4) is 0 Å². The van der Waals surface area contributed by atoms with Crippen LogP contribution in [0.25, 0.3) is 11.0 Å². The molecule has 2 saturated heterocycles. The average Bonchev–Trinajstić information content (AvgIpc) is 3.02. The number of aryl methyl sites for hydroxylation is 1. The summed E-state index contributed by atoms with van der Waals surface area (Å²) >= 11 is 0. The van der Waals surface area contributed by atoms with Crippen molar-refractivity contribution in [1.82, 2.24) is 19.7 Å². The lowest BCUT2D eigenvalue weighted by Crippen LogP contribution is -2.41. The van der Waals surface area contributed by atoms with Crippen LogP contribution in [-0.4, -0.2) is 59.2 Å². The second-order valence-corrected chi connectivity index (χ2v) is 15.9. The van der Waals surface area contributed by atoms with Crippen LogP contribution < -0.4 is 10.9 Å². The molecule has 3 aromatic rings. The van der Waals surface area contributed by atoms with Crippen molar-refractivity contribution in [2.75, 3.05) is 36.5 Å². The molecule has 0 saturated carbocycles. The monoisotopic (exact) mass is 641 g/mol. The molecule has 0 aliphatic carbocycles. The number of nitrogens with one attached hydrogen (secondary N) is 1. The number of sulfone groups is 1. The molecule has 1 unspecified atom stereocenters. The molecule has 0 amide bonds. The Kier molecular flexibility index (Phi) is 9.30. The van der Waals surface area contributed by atoms with Crippen molar-refractivity contribution >= 4 is 26.6 Å². The van der Waals surface area contributed by atoms with Crippen LogP contribution in [-0.2, 0) is 22.3 Å². The Morgan fingerprint density at radius 1 is 0.956 bits per heavy atom. The molecule has 4 aliphatic heterocycles. The largest absolute Gasteiger partial charge is 0.377 e. The molecule has 244 valence electrons. The Balaban J connectivity index is 1.39. The van der Waals surface area contributed by atoms with Crippen molar-refractivity contribution in [2.24, 2.45) is 11.8 Å². The summed E-state index contributed by atoms with van der Waals surface area (Å²) in [4.78, 5) is 16.3. The van der Waals surface area contributed by atoms with Crippen LogP contribution in [0.3, 0.4) is 0 Å². The van der Waals surface area contributed by atoms with Gasteiger partial charge in [0.15, 0.2) is 5.65 Å². The first-order valence-corrected chi connectivity index (χ1v) is 18.4. The minimum absolute atomic E-state index is 0.0486. The third kappa shape index (κ3) is 6.94. The second kappa shape index (κ2) is 13.1. The predicted octanol–water partition coefficient (Wildman–Crippen LogP) is 6.27. The zero-order valence-electron chi connectivity index (χ0n) is 26.4. The van der Waals surface area contributed by atoms with E-state index in [0.717, 1.165) is 43.2 Å². The maximum absolute atomic E-state index is 15.9. The van der Waals surface area contributed by atoms with Gasteiger partial charge in [0, 0.05) is 41.6 Å². The van der Waals surface area contributed by atoms with Gasteiger partial charge in [-0.2, -0.15) is 5.10 Å². The summed E-state index contributed by atoms with van der Waals surface area (Å²) in [7, 11) is -3.09. The standard InChI is InChI=1S/C34H45F2N5O3S/c1-23-7-4-3-5-14-41-32-30(20-29(33(41)42)25-12-17-45(43,44)18-13-25)31(21-37-39-32)38-24(2)26-8-6-9-28(19-26)34(35,36)27-10-15-40(22-23)16-11-27/h6,8-9,19-21,23-25,27,38H,3-5,7,10-18,22H2,1-2H3/t23?,24-/m1/s1. The van der Waals surface area contributed by atoms with Gasteiger partial charge in [-0.25, -0.2) is 17.2 Å². The number of alkyl halides is 2. The van der Waals surface area contributed by atoms with E-state index < -0.39 is 21.7 Å². The van der Waals surface area contributed by atoms with Gasteiger partial charge in [-0.05, 0) is 88.1 Å². The fourth-order valence-corrected chi connectivity index (χ4v) is 9.02. The lowest BCUT2D eigenvalue weighted by atomic mass is 9.85. The molecular formula is C34H45F2N5O3S. The SMILES string of the molecule is CC1CCCCCn2c(=O)c(C3CCS(=O)(=O)CC3)cc3c(cnnc32)N[C@H](C)c2cccc(c2)C(F)(F)C2CCN(CC2)C1. The summed E-state index contributed by atoms with van der Waals surface area (Å²) in [5, 5.41) is 12.9. The Morgan fingerprint density at radius 3 is 2.47 bits per heavy atom. The van der Waals surface area contributed by atoms with Crippen LogP contribution in [0.2, 0.25) is 0 Å². The molecule has 2 fully saturated rings. The van der Waals surface area contributed by atoms with E-state index in [1.54, 1.807) is 29.0 Å². The smallest absolute Gasteiger partial charge is 0.276 e. The number of rotatable bonds is 1. The number of fused-ring (bicyclic) bond motifs is 9. The first-order valence-electron chi connectivity index (χ1n) is 16.6. The van der Waals surface area contributed by atoms with Crippen LogP contribution in [0.15, 0.2) is 41.3 Å². The molecule has 8 bridgehead atoms. The fraction of sp³-hybridized carbons (Fsp3) is 0.618. The first kappa shape index (κ1) is 32.0. The fourth-order valence-electron chi connectivity index (χ4n) is 7.53. The highest BCUT2D eigenvalue weighted by atomic mass is 32.2. The number of piperidine rings is 1. The van der Waals surface area contributed by atoms with E-state index in [1.807, 2.05) is 19.1 Å². The van der Waals surface area contributed by atoms with Gasteiger partial charge in [0.2, 0.25) is 0 Å². The topological polar surface area (TPSA) is 97.2 Å². The second-order valence-electron chi connectivity index (χ2n) is 13.6. The van der Waals surface area contributed by atoms with E-state index in [4.69, 9.17) is 0 Å². The molecule has 0 spiro atoms. The van der Waals surface area contributed by atoms with Gasteiger partial charge in [0.05, 0.1) is 23.4 Å². The summed E-state index contributed by atoms with van der Waals surface area (Å²) in [5.74, 6) is -3.16. The van der Waals surface area contributed by atoms with Crippen molar-refractivity contribution in [3.63, 3.8) is 0 Å². The van der Waals surface area contributed by atoms with Crippen LogP contribution in [0.1, 0.15) is 93.9 Å². The minimum atomic E-state index is -3.09. The Hall–Kier alpha value is -2.92. The molecule has 0 radical (unpaired) electrons. The summed E-state index contributed by atoms with van der Waals surface area (Å²) < 4.78 is 57.9. The van der Waals surface area contributed by atoms with Gasteiger partial charge in [-0.15, -0.1) is 5.10 Å². The zero-order chi connectivity index (χ0) is 31.8. The average molecular weight is 642 g/mol. The lowest BCUT2D eigenvalue weighted by Gasteiger charge is -2.37.